The maximum Gasteiger partial charge on any atom is 0.0946 e. The average molecular weight is 253 g/mol. The molecular weight excluding hydrogens is 230 g/mol. The summed E-state index contributed by atoms with van der Waals surface area (Å²) >= 11 is 0. The number of rotatable bonds is 8. The molecule has 1 aromatic heterocycles. The van der Waals surface area contributed by atoms with Gasteiger partial charge in [-0.1, -0.05) is 0 Å². The minimum atomic E-state index is 0.685. The van der Waals surface area contributed by atoms with Gasteiger partial charge in [-0.15, -0.1) is 0 Å². The fourth-order valence-corrected chi connectivity index (χ4v) is 2.31. The summed E-state index contributed by atoms with van der Waals surface area (Å²) in [5, 5.41) is 0. The fraction of sp³-hybridized carbons (Fsp3) is 0.769. The monoisotopic (exact) mass is 253 g/mol. The van der Waals surface area contributed by atoms with E-state index in [1.54, 1.807) is 13.3 Å². The minimum Gasteiger partial charge on any atom is -0.383 e. The molecule has 1 aliphatic heterocycles. The third-order valence-electron chi connectivity index (χ3n) is 3.39. The Kier molecular flexibility index (Phi) is 5.64. The second kappa shape index (κ2) is 7.51. The van der Waals surface area contributed by atoms with Crippen molar-refractivity contribution in [2.45, 2.75) is 13.0 Å². The Morgan fingerprint density at radius 1 is 1.33 bits per heavy atom. The highest BCUT2D eigenvalue weighted by molar-refractivity contribution is 4.76. The highest BCUT2D eigenvalue weighted by Crippen LogP contribution is 2.15. The van der Waals surface area contributed by atoms with E-state index >= 15 is 0 Å². The van der Waals surface area contributed by atoms with Crippen molar-refractivity contribution in [1.29, 1.82) is 0 Å². The number of aromatic nitrogens is 2. The van der Waals surface area contributed by atoms with E-state index in [1.807, 2.05) is 17.1 Å². The number of hydrogen-bond donors (Lipinski definition) is 0. The highest BCUT2D eigenvalue weighted by Gasteiger charge is 2.21. The van der Waals surface area contributed by atoms with Crippen LogP contribution in [0.3, 0.4) is 0 Å². The first-order valence-electron chi connectivity index (χ1n) is 6.63. The van der Waals surface area contributed by atoms with Gasteiger partial charge in [-0.25, -0.2) is 4.98 Å². The van der Waals surface area contributed by atoms with E-state index in [-0.39, 0.29) is 0 Å². The molecule has 5 heteroatoms. The molecule has 0 N–H and O–H groups in total. The van der Waals surface area contributed by atoms with Gasteiger partial charge in [0.05, 0.1) is 26.1 Å². The summed E-state index contributed by atoms with van der Waals surface area (Å²) in [7, 11) is 1.76. The molecule has 0 spiro atoms. The van der Waals surface area contributed by atoms with Crippen molar-refractivity contribution in [1.82, 2.24) is 14.5 Å². The lowest BCUT2D eigenvalue weighted by atomic mass is 10.1. The van der Waals surface area contributed by atoms with E-state index in [9.17, 15) is 0 Å². The second-order valence-corrected chi connectivity index (χ2v) is 4.82. The van der Waals surface area contributed by atoms with Crippen LogP contribution in [0.1, 0.15) is 6.42 Å². The largest absolute Gasteiger partial charge is 0.383 e. The summed E-state index contributed by atoms with van der Waals surface area (Å²) in [5.74, 6) is 0.685. The van der Waals surface area contributed by atoms with Crippen LogP contribution in [0.15, 0.2) is 18.7 Å². The van der Waals surface area contributed by atoms with E-state index in [0.717, 1.165) is 39.5 Å². The number of imidazole rings is 1. The summed E-state index contributed by atoms with van der Waals surface area (Å²) in [5.41, 5.74) is 0. The molecule has 1 atom stereocenters. The van der Waals surface area contributed by atoms with Crippen LogP contribution >= 0.6 is 0 Å². The molecule has 18 heavy (non-hydrogen) atoms. The van der Waals surface area contributed by atoms with Gasteiger partial charge in [-0.2, -0.15) is 0 Å². The summed E-state index contributed by atoms with van der Waals surface area (Å²) in [6.45, 7) is 6.73. The molecule has 0 saturated carbocycles. The first kappa shape index (κ1) is 13.5. The molecule has 102 valence electrons. The Labute approximate surface area is 109 Å². The first-order valence-corrected chi connectivity index (χ1v) is 6.63. The van der Waals surface area contributed by atoms with Gasteiger partial charge in [0, 0.05) is 39.1 Å². The van der Waals surface area contributed by atoms with Gasteiger partial charge in [0.2, 0.25) is 0 Å². The molecule has 2 heterocycles. The zero-order chi connectivity index (χ0) is 12.6. The van der Waals surface area contributed by atoms with Crippen LogP contribution < -0.4 is 0 Å². The van der Waals surface area contributed by atoms with Crippen molar-refractivity contribution < 1.29 is 9.47 Å². The van der Waals surface area contributed by atoms with E-state index in [2.05, 4.69) is 9.88 Å². The highest BCUT2D eigenvalue weighted by atomic mass is 16.5. The zero-order valence-corrected chi connectivity index (χ0v) is 11.1. The average Bonchev–Trinajstić information content (AvgIpc) is 3.04. The number of hydrogen-bond acceptors (Lipinski definition) is 4. The van der Waals surface area contributed by atoms with Crippen LogP contribution in [-0.2, 0) is 16.0 Å². The molecule has 2 rings (SSSR count). The van der Waals surface area contributed by atoms with Crippen molar-refractivity contribution >= 4 is 0 Å². The van der Waals surface area contributed by atoms with Crippen molar-refractivity contribution in [3.63, 3.8) is 0 Å². The molecule has 0 bridgehead atoms. The lowest BCUT2D eigenvalue weighted by Crippen LogP contribution is -2.25. The summed E-state index contributed by atoms with van der Waals surface area (Å²) < 4.78 is 12.9. The van der Waals surface area contributed by atoms with E-state index in [0.29, 0.717) is 5.92 Å². The van der Waals surface area contributed by atoms with Crippen molar-refractivity contribution in [2.24, 2.45) is 5.92 Å². The number of nitrogens with zero attached hydrogens (tertiary/aromatic N) is 3. The Balaban J connectivity index is 1.52. The van der Waals surface area contributed by atoms with Crippen LogP contribution in [0.25, 0.3) is 0 Å². The van der Waals surface area contributed by atoms with Crippen molar-refractivity contribution in [2.75, 3.05) is 46.6 Å². The molecule has 0 aromatic carbocycles. The van der Waals surface area contributed by atoms with Gasteiger partial charge in [-0.05, 0) is 18.9 Å². The normalized spacial score (nSPS) is 20.6. The van der Waals surface area contributed by atoms with Crippen LogP contribution in [0.4, 0.5) is 0 Å². The van der Waals surface area contributed by atoms with Crippen LogP contribution in [0.5, 0.6) is 0 Å². The third-order valence-corrected chi connectivity index (χ3v) is 3.39. The summed E-state index contributed by atoms with van der Waals surface area (Å²) in [6.07, 6.45) is 6.83. The molecule has 5 nitrogen and oxygen atoms in total. The van der Waals surface area contributed by atoms with Crippen LogP contribution in [-0.4, -0.2) is 61.0 Å². The predicted molar refractivity (Wildman–Crippen MR) is 69.5 cm³/mol. The van der Waals surface area contributed by atoms with Gasteiger partial charge in [0.1, 0.15) is 0 Å². The van der Waals surface area contributed by atoms with Gasteiger partial charge in [0.15, 0.2) is 0 Å². The third kappa shape index (κ3) is 4.40. The van der Waals surface area contributed by atoms with Gasteiger partial charge in [0.25, 0.3) is 0 Å². The first-order chi connectivity index (χ1) is 8.88. The number of methoxy groups -OCH3 is 1. The summed E-state index contributed by atoms with van der Waals surface area (Å²) in [6, 6.07) is 0. The van der Waals surface area contributed by atoms with E-state index in [1.165, 1.54) is 13.0 Å². The smallest absolute Gasteiger partial charge is 0.0946 e. The van der Waals surface area contributed by atoms with Crippen LogP contribution in [0.2, 0.25) is 0 Å². The molecular formula is C13H23N3O2. The molecule has 0 aliphatic carbocycles. The Morgan fingerprint density at radius 2 is 2.28 bits per heavy atom. The predicted octanol–water partition coefficient (Wildman–Crippen LogP) is 0.868. The van der Waals surface area contributed by atoms with Crippen molar-refractivity contribution in [3.05, 3.63) is 18.7 Å². The Hall–Kier alpha value is -0.910. The molecule has 0 radical (unpaired) electrons. The molecule has 0 amide bonds. The molecule has 1 saturated heterocycles. The van der Waals surface area contributed by atoms with Gasteiger partial charge < -0.3 is 18.9 Å². The maximum atomic E-state index is 5.74. The maximum absolute atomic E-state index is 5.74. The quantitative estimate of drug-likeness (QED) is 0.644. The molecule has 1 aromatic rings. The number of ether oxygens (including phenoxy) is 2. The lowest BCUT2D eigenvalue weighted by Gasteiger charge is -2.15. The van der Waals surface area contributed by atoms with E-state index in [4.69, 9.17) is 9.47 Å². The Morgan fingerprint density at radius 3 is 3.06 bits per heavy atom. The summed E-state index contributed by atoms with van der Waals surface area (Å²) in [4.78, 5) is 6.46. The lowest BCUT2D eigenvalue weighted by molar-refractivity contribution is 0.0925. The number of likely N-dealkylation sites (tertiary alicyclic amines) is 1. The van der Waals surface area contributed by atoms with Gasteiger partial charge in [-0.3, -0.25) is 0 Å². The SMILES string of the molecule is COCCN1CCC(COCCn2ccnc2)C1. The second-order valence-electron chi connectivity index (χ2n) is 4.82. The fourth-order valence-electron chi connectivity index (χ4n) is 2.31. The molecule has 1 unspecified atom stereocenters. The zero-order valence-electron chi connectivity index (χ0n) is 11.1. The standard InChI is InChI=1S/C13H23N3O2/c1-17-8-6-15-4-2-13(10-15)11-18-9-7-16-5-3-14-12-16/h3,5,12-13H,2,4,6-11H2,1H3. The van der Waals surface area contributed by atoms with E-state index < -0.39 is 0 Å². The van der Waals surface area contributed by atoms with Gasteiger partial charge >= 0.3 is 0 Å². The molecule has 1 fully saturated rings. The topological polar surface area (TPSA) is 39.5 Å². The van der Waals surface area contributed by atoms with Crippen molar-refractivity contribution in [3.8, 4) is 0 Å². The minimum absolute atomic E-state index is 0.685. The Bertz CT molecular complexity index is 316. The van der Waals surface area contributed by atoms with Crippen LogP contribution in [0, 0.1) is 5.92 Å². The molecule has 1 aliphatic rings.